The van der Waals surface area contributed by atoms with Crippen molar-refractivity contribution in [3.05, 3.63) is 0 Å². The molecule has 0 aromatic heterocycles. The van der Waals surface area contributed by atoms with Crippen molar-refractivity contribution < 1.29 is 24.2 Å². The van der Waals surface area contributed by atoms with Gasteiger partial charge >= 0.3 is 12.0 Å². The molecule has 0 spiro atoms. The Balaban J connectivity index is 3.54. The largest absolute Gasteiger partial charge is 0.481 e. The summed E-state index contributed by atoms with van der Waals surface area (Å²) in [6.07, 6.45) is 1.06. The topological polar surface area (TPSA) is 117 Å². The highest BCUT2D eigenvalue weighted by Gasteiger charge is 2.10. The van der Waals surface area contributed by atoms with E-state index in [0.717, 1.165) is 0 Å². The molecule has 20 heavy (non-hydrogen) atoms. The quantitative estimate of drug-likeness (QED) is 0.406. The van der Waals surface area contributed by atoms with Gasteiger partial charge in [0.2, 0.25) is 5.91 Å². The first-order valence-electron chi connectivity index (χ1n) is 6.47. The van der Waals surface area contributed by atoms with E-state index in [-0.39, 0.29) is 12.5 Å². The predicted molar refractivity (Wildman–Crippen MR) is 72.3 cm³/mol. The number of urea groups is 1. The molecule has 0 saturated heterocycles. The van der Waals surface area contributed by atoms with E-state index in [2.05, 4.69) is 16.0 Å². The highest BCUT2D eigenvalue weighted by atomic mass is 16.5. The summed E-state index contributed by atoms with van der Waals surface area (Å²) in [6.45, 7) is 2.69. The summed E-state index contributed by atoms with van der Waals surface area (Å²) in [5.74, 6) is -1.56. The summed E-state index contributed by atoms with van der Waals surface area (Å²) in [6, 6.07) is -0.449. The van der Waals surface area contributed by atoms with E-state index in [1.807, 2.05) is 0 Å². The maximum Gasteiger partial charge on any atom is 0.315 e. The molecule has 0 aliphatic carbocycles. The maximum absolute atomic E-state index is 11.3. The average Bonchev–Trinajstić information content (AvgIpc) is 2.41. The molecule has 0 bridgehead atoms. The van der Waals surface area contributed by atoms with Crippen LogP contribution in [-0.4, -0.2) is 56.4 Å². The minimum absolute atomic E-state index is 0.110. The summed E-state index contributed by atoms with van der Waals surface area (Å²) in [4.78, 5) is 33.1. The molecule has 3 amide bonds. The van der Waals surface area contributed by atoms with Crippen LogP contribution in [0.25, 0.3) is 0 Å². The highest BCUT2D eigenvalue weighted by Crippen LogP contribution is 2.03. The third kappa shape index (κ3) is 10.1. The van der Waals surface area contributed by atoms with E-state index >= 15 is 0 Å². The third-order valence-electron chi connectivity index (χ3n) is 2.56. The molecule has 0 heterocycles. The maximum atomic E-state index is 11.3. The monoisotopic (exact) mass is 289 g/mol. The number of amides is 3. The van der Waals surface area contributed by atoms with Crippen LogP contribution < -0.4 is 16.0 Å². The van der Waals surface area contributed by atoms with Gasteiger partial charge in [-0.3, -0.25) is 9.59 Å². The predicted octanol–water partition coefficient (Wildman–Crippen LogP) is -0.451. The summed E-state index contributed by atoms with van der Waals surface area (Å²) >= 11 is 0. The molecule has 0 radical (unpaired) electrons. The van der Waals surface area contributed by atoms with Crippen LogP contribution in [-0.2, 0) is 14.3 Å². The van der Waals surface area contributed by atoms with E-state index in [1.165, 1.54) is 7.11 Å². The number of hydrogen-bond acceptors (Lipinski definition) is 4. The van der Waals surface area contributed by atoms with Gasteiger partial charge in [-0.25, -0.2) is 4.79 Å². The highest BCUT2D eigenvalue weighted by molar-refractivity contribution is 5.83. The molecule has 0 aromatic carbocycles. The normalized spacial score (nSPS) is 11.5. The van der Waals surface area contributed by atoms with Gasteiger partial charge in [-0.2, -0.15) is 0 Å². The molecular weight excluding hydrogens is 266 g/mol. The number of carboxylic acid groups (broad SMARTS) is 1. The number of rotatable bonds is 10. The average molecular weight is 289 g/mol. The molecule has 8 nitrogen and oxygen atoms in total. The Bertz CT molecular complexity index is 322. The second-order valence-corrected chi connectivity index (χ2v) is 4.33. The zero-order valence-electron chi connectivity index (χ0n) is 11.9. The minimum atomic E-state index is -0.845. The number of methoxy groups -OCH3 is 1. The standard InChI is InChI=1S/C12H23N3O5/c1-9(11(17)18)4-3-5-14-12(19)15-8-10(16)13-6-7-20-2/h9H,3-8H2,1-2H3,(H,13,16)(H,17,18)(H2,14,15,19). The molecule has 1 unspecified atom stereocenters. The van der Waals surface area contributed by atoms with Gasteiger partial charge in [-0.05, 0) is 12.8 Å². The van der Waals surface area contributed by atoms with Crippen molar-refractivity contribution in [2.75, 3.05) is 33.4 Å². The van der Waals surface area contributed by atoms with Gasteiger partial charge in [-0.15, -0.1) is 0 Å². The lowest BCUT2D eigenvalue weighted by Gasteiger charge is -2.09. The second-order valence-electron chi connectivity index (χ2n) is 4.33. The van der Waals surface area contributed by atoms with Crippen LogP contribution in [0.4, 0.5) is 4.79 Å². The van der Waals surface area contributed by atoms with Gasteiger partial charge in [0.05, 0.1) is 19.1 Å². The number of carbonyl (C=O) groups is 3. The third-order valence-corrected chi connectivity index (χ3v) is 2.56. The van der Waals surface area contributed by atoms with Crippen LogP contribution in [0.15, 0.2) is 0 Å². The Morgan fingerprint density at radius 1 is 1.15 bits per heavy atom. The van der Waals surface area contributed by atoms with Crippen molar-refractivity contribution in [1.29, 1.82) is 0 Å². The number of nitrogens with one attached hydrogen (secondary N) is 3. The fourth-order valence-corrected chi connectivity index (χ4v) is 1.31. The Hall–Kier alpha value is -1.83. The van der Waals surface area contributed by atoms with Crippen LogP contribution in [0.5, 0.6) is 0 Å². The van der Waals surface area contributed by atoms with Gasteiger partial charge in [0, 0.05) is 20.2 Å². The van der Waals surface area contributed by atoms with E-state index in [9.17, 15) is 14.4 Å². The Kier molecular flexibility index (Phi) is 10.0. The number of carbonyl (C=O) groups excluding carboxylic acids is 2. The zero-order valence-corrected chi connectivity index (χ0v) is 11.9. The number of aliphatic carboxylic acids is 1. The Labute approximate surface area is 118 Å². The smallest absolute Gasteiger partial charge is 0.315 e. The van der Waals surface area contributed by atoms with Crippen LogP contribution in [0.3, 0.4) is 0 Å². The zero-order chi connectivity index (χ0) is 15.4. The summed E-state index contributed by atoms with van der Waals surface area (Å²) < 4.78 is 4.76. The summed E-state index contributed by atoms with van der Waals surface area (Å²) in [5, 5.41) is 16.2. The van der Waals surface area contributed by atoms with Crippen LogP contribution in [0.2, 0.25) is 0 Å². The molecule has 8 heteroatoms. The molecule has 0 aliphatic rings. The number of carboxylic acids is 1. The van der Waals surface area contributed by atoms with Gasteiger partial charge in [0.15, 0.2) is 0 Å². The first-order chi connectivity index (χ1) is 9.47. The lowest BCUT2D eigenvalue weighted by Crippen LogP contribution is -2.42. The molecule has 0 rings (SSSR count). The van der Waals surface area contributed by atoms with Crippen molar-refractivity contribution in [2.24, 2.45) is 5.92 Å². The molecule has 0 aromatic rings. The first kappa shape index (κ1) is 18.2. The summed E-state index contributed by atoms with van der Waals surface area (Å²) in [5.41, 5.74) is 0. The Morgan fingerprint density at radius 3 is 2.45 bits per heavy atom. The van der Waals surface area contributed by atoms with E-state index < -0.39 is 17.9 Å². The van der Waals surface area contributed by atoms with Gasteiger partial charge in [0.1, 0.15) is 0 Å². The van der Waals surface area contributed by atoms with Crippen molar-refractivity contribution >= 4 is 17.9 Å². The van der Waals surface area contributed by atoms with Crippen LogP contribution in [0.1, 0.15) is 19.8 Å². The first-order valence-corrected chi connectivity index (χ1v) is 6.47. The SMILES string of the molecule is COCCNC(=O)CNC(=O)NCCCC(C)C(=O)O. The van der Waals surface area contributed by atoms with Gasteiger partial charge < -0.3 is 25.8 Å². The molecule has 116 valence electrons. The molecule has 0 saturated carbocycles. The number of ether oxygens (including phenoxy) is 1. The Morgan fingerprint density at radius 2 is 1.85 bits per heavy atom. The summed E-state index contributed by atoms with van der Waals surface area (Å²) in [7, 11) is 1.53. The van der Waals surface area contributed by atoms with Crippen LogP contribution in [0, 0.1) is 5.92 Å². The fraction of sp³-hybridized carbons (Fsp3) is 0.750. The van der Waals surface area contributed by atoms with Crippen molar-refractivity contribution in [3.8, 4) is 0 Å². The van der Waals surface area contributed by atoms with Gasteiger partial charge in [0.25, 0.3) is 0 Å². The molecule has 0 fully saturated rings. The molecule has 4 N–H and O–H groups in total. The molecule has 0 aliphatic heterocycles. The van der Waals surface area contributed by atoms with E-state index in [0.29, 0.717) is 32.5 Å². The van der Waals surface area contributed by atoms with E-state index in [1.54, 1.807) is 6.92 Å². The van der Waals surface area contributed by atoms with Crippen molar-refractivity contribution in [2.45, 2.75) is 19.8 Å². The fourth-order valence-electron chi connectivity index (χ4n) is 1.31. The van der Waals surface area contributed by atoms with Crippen molar-refractivity contribution in [1.82, 2.24) is 16.0 Å². The lowest BCUT2D eigenvalue weighted by molar-refractivity contribution is -0.141. The van der Waals surface area contributed by atoms with E-state index in [4.69, 9.17) is 9.84 Å². The van der Waals surface area contributed by atoms with Crippen molar-refractivity contribution in [3.63, 3.8) is 0 Å². The molecule has 1 atom stereocenters. The van der Waals surface area contributed by atoms with Crippen LogP contribution >= 0.6 is 0 Å². The minimum Gasteiger partial charge on any atom is -0.481 e. The second kappa shape index (κ2) is 11.0. The number of hydrogen-bond donors (Lipinski definition) is 4. The molecular formula is C12H23N3O5. The lowest BCUT2D eigenvalue weighted by atomic mass is 10.1. The van der Waals surface area contributed by atoms with Gasteiger partial charge in [-0.1, -0.05) is 6.92 Å².